The van der Waals surface area contributed by atoms with E-state index in [9.17, 15) is 9.59 Å². The van der Waals surface area contributed by atoms with Crippen molar-refractivity contribution in [2.24, 2.45) is 11.8 Å². The lowest BCUT2D eigenvalue weighted by molar-refractivity contribution is -0.133. The van der Waals surface area contributed by atoms with Crippen LogP contribution in [0, 0.1) is 17.2 Å². The molecule has 2 heterocycles. The van der Waals surface area contributed by atoms with Crippen LogP contribution in [0.15, 0.2) is 42.5 Å². The number of ether oxygens (including phenoxy) is 1. The summed E-state index contributed by atoms with van der Waals surface area (Å²) in [7, 11) is 1.67. The lowest BCUT2D eigenvalue weighted by Crippen LogP contribution is -2.43. The number of methoxy groups -OCH3 is 1. The molecule has 5 rings (SSSR count). The Bertz CT molecular complexity index is 1220. The third kappa shape index (κ3) is 5.41. The maximum atomic E-state index is 13.7. The van der Waals surface area contributed by atoms with Gasteiger partial charge in [-0.25, -0.2) is 0 Å². The SMILES string of the molecule is COc1ccc(CNCC2CC2)c(-c2cccc(C3(C)NC(=N)N(CC4CCN(C(C)=O)CC4)C3=O)c2)c1. The molecule has 2 aromatic carbocycles. The highest BCUT2D eigenvalue weighted by Gasteiger charge is 2.47. The fraction of sp³-hybridized carbons (Fsp3) is 0.500. The number of likely N-dealkylation sites (tertiary alicyclic amines) is 1. The maximum Gasteiger partial charge on any atom is 0.259 e. The van der Waals surface area contributed by atoms with E-state index in [2.05, 4.69) is 34.9 Å². The van der Waals surface area contributed by atoms with Crippen molar-refractivity contribution >= 4 is 17.8 Å². The van der Waals surface area contributed by atoms with Gasteiger partial charge in [0, 0.05) is 33.1 Å². The Morgan fingerprint density at radius 2 is 1.89 bits per heavy atom. The van der Waals surface area contributed by atoms with Gasteiger partial charge in [0.15, 0.2) is 5.96 Å². The summed E-state index contributed by atoms with van der Waals surface area (Å²) in [5, 5.41) is 15.4. The van der Waals surface area contributed by atoms with E-state index in [1.54, 1.807) is 18.9 Å². The number of benzene rings is 2. The highest BCUT2D eigenvalue weighted by atomic mass is 16.5. The van der Waals surface area contributed by atoms with E-state index in [0.717, 1.165) is 54.3 Å². The van der Waals surface area contributed by atoms with E-state index in [1.165, 1.54) is 18.4 Å². The van der Waals surface area contributed by atoms with Gasteiger partial charge in [-0.1, -0.05) is 24.3 Å². The molecule has 0 bridgehead atoms. The molecule has 2 saturated heterocycles. The number of guanidine groups is 1. The average Bonchev–Trinajstić information content (AvgIpc) is 3.72. The lowest BCUT2D eigenvalue weighted by atomic mass is 9.88. The summed E-state index contributed by atoms with van der Waals surface area (Å²) in [5.41, 5.74) is 3.09. The van der Waals surface area contributed by atoms with Crippen molar-refractivity contribution in [1.82, 2.24) is 20.4 Å². The minimum Gasteiger partial charge on any atom is -0.497 e. The predicted octanol–water partition coefficient (Wildman–Crippen LogP) is 3.70. The maximum absolute atomic E-state index is 13.7. The molecule has 8 nitrogen and oxygen atoms in total. The van der Waals surface area contributed by atoms with Gasteiger partial charge in [0.05, 0.1) is 7.11 Å². The van der Waals surface area contributed by atoms with E-state index >= 15 is 0 Å². The number of hydrogen-bond donors (Lipinski definition) is 3. The summed E-state index contributed by atoms with van der Waals surface area (Å²) < 4.78 is 5.53. The largest absolute Gasteiger partial charge is 0.497 e. The van der Waals surface area contributed by atoms with E-state index < -0.39 is 5.54 Å². The van der Waals surface area contributed by atoms with Crippen LogP contribution >= 0.6 is 0 Å². The molecule has 2 amide bonds. The smallest absolute Gasteiger partial charge is 0.259 e. The third-order valence-corrected chi connectivity index (χ3v) is 8.33. The molecule has 3 aliphatic rings. The lowest BCUT2D eigenvalue weighted by Gasteiger charge is -2.33. The Morgan fingerprint density at radius 1 is 1.13 bits per heavy atom. The Kier molecular flexibility index (Phi) is 7.43. The van der Waals surface area contributed by atoms with Gasteiger partial charge in [-0.3, -0.25) is 19.9 Å². The Hall–Kier alpha value is -3.39. The minimum absolute atomic E-state index is 0.0976. The molecule has 202 valence electrons. The monoisotopic (exact) mass is 517 g/mol. The Balaban J connectivity index is 1.35. The zero-order valence-corrected chi connectivity index (χ0v) is 22.7. The van der Waals surface area contributed by atoms with Gasteiger partial charge in [0.2, 0.25) is 5.91 Å². The fourth-order valence-electron chi connectivity index (χ4n) is 5.62. The van der Waals surface area contributed by atoms with Crippen LogP contribution < -0.4 is 15.4 Å². The van der Waals surface area contributed by atoms with Crippen molar-refractivity contribution < 1.29 is 14.3 Å². The molecular weight excluding hydrogens is 478 g/mol. The Labute approximate surface area is 225 Å². The van der Waals surface area contributed by atoms with Crippen LogP contribution in [0.4, 0.5) is 0 Å². The second-order valence-corrected chi connectivity index (χ2v) is 11.1. The van der Waals surface area contributed by atoms with Gasteiger partial charge in [-0.2, -0.15) is 0 Å². The first-order valence-electron chi connectivity index (χ1n) is 13.7. The van der Waals surface area contributed by atoms with Crippen LogP contribution in [0.25, 0.3) is 11.1 Å². The quantitative estimate of drug-likeness (QED) is 0.471. The normalized spacial score (nSPS) is 22.1. The highest BCUT2D eigenvalue weighted by molar-refractivity contribution is 6.08. The number of piperidine rings is 1. The number of hydrogen-bond acceptors (Lipinski definition) is 5. The average molecular weight is 518 g/mol. The predicted molar refractivity (Wildman–Crippen MR) is 148 cm³/mol. The number of nitrogens with one attached hydrogen (secondary N) is 3. The number of rotatable bonds is 9. The molecule has 3 fully saturated rings. The summed E-state index contributed by atoms with van der Waals surface area (Å²) >= 11 is 0. The van der Waals surface area contributed by atoms with Gasteiger partial charge in [0.25, 0.3) is 5.91 Å². The molecule has 3 N–H and O–H groups in total. The molecule has 38 heavy (non-hydrogen) atoms. The molecule has 1 aliphatic carbocycles. The summed E-state index contributed by atoms with van der Waals surface area (Å²) in [4.78, 5) is 28.8. The van der Waals surface area contributed by atoms with Crippen molar-refractivity contribution in [3.8, 4) is 16.9 Å². The standard InChI is InChI=1S/C30H39N5O3/c1-20(36)34-13-11-22(12-14-34)19-35-28(37)30(2,33-29(35)31)25-6-4-5-23(15-25)27-16-26(38-3)10-9-24(27)18-32-17-21-7-8-21/h4-6,9-10,15-16,21-22,32H,7-8,11-14,17-19H2,1-3H3,(H2,31,33). The second-order valence-electron chi connectivity index (χ2n) is 11.1. The zero-order valence-electron chi connectivity index (χ0n) is 22.7. The van der Waals surface area contributed by atoms with Crippen molar-refractivity contribution in [2.75, 3.05) is 33.3 Å². The van der Waals surface area contributed by atoms with Crippen molar-refractivity contribution in [3.63, 3.8) is 0 Å². The number of carbonyl (C=O) groups excluding carboxylic acids is 2. The molecule has 0 aromatic heterocycles. The summed E-state index contributed by atoms with van der Waals surface area (Å²) in [6, 6.07) is 14.2. The summed E-state index contributed by atoms with van der Waals surface area (Å²) in [6.07, 6.45) is 4.31. The van der Waals surface area contributed by atoms with Crippen LogP contribution in [-0.4, -0.2) is 60.9 Å². The van der Waals surface area contributed by atoms with Gasteiger partial charge in [0.1, 0.15) is 11.3 Å². The first-order valence-corrected chi connectivity index (χ1v) is 13.7. The van der Waals surface area contributed by atoms with E-state index in [-0.39, 0.29) is 23.7 Å². The number of nitrogens with zero attached hydrogens (tertiary/aromatic N) is 2. The topological polar surface area (TPSA) is 97.8 Å². The summed E-state index contributed by atoms with van der Waals surface area (Å²) in [6.45, 7) is 7.19. The molecule has 8 heteroatoms. The summed E-state index contributed by atoms with van der Waals surface area (Å²) in [5.74, 6) is 2.00. The molecule has 1 saturated carbocycles. The van der Waals surface area contributed by atoms with E-state index in [4.69, 9.17) is 10.1 Å². The van der Waals surface area contributed by atoms with Gasteiger partial charge < -0.3 is 20.3 Å². The van der Waals surface area contributed by atoms with Crippen molar-refractivity contribution in [1.29, 1.82) is 5.41 Å². The van der Waals surface area contributed by atoms with E-state index in [0.29, 0.717) is 19.6 Å². The first kappa shape index (κ1) is 26.2. The van der Waals surface area contributed by atoms with Crippen LogP contribution in [0.2, 0.25) is 0 Å². The highest BCUT2D eigenvalue weighted by Crippen LogP contribution is 2.35. The Morgan fingerprint density at radius 3 is 2.58 bits per heavy atom. The third-order valence-electron chi connectivity index (χ3n) is 8.33. The van der Waals surface area contributed by atoms with Crippen LogP contribution in [0.5, 0.6) is 5.75 Å². The van der Waals surface area contributed by atoms with Crippen LogP contribution in [0.1, 0.15) is 50.7 Å². The molecular formula is C30H39N5O3. The minimum atomic E-state index is -1.02. The van der Waals surface area contributed by atoms with Crippen LogP contribution in [-0.2, 0) is 21.7 Å². The molecule has 1 unspecified atom stereocenters. The van der Waals surface area contributed by atoms with Crippen molar-refractivity contribution in [2.45, 2.75) is 51.6 Å². The zero-order chi connectivity index (χ0) is 26.9. The van der Waals surface area contributed by atoms with Gasteiger partial charge >= 0.3 is 0 Å². The van der Waals surface area contributed by atoms with Crippen LogP contribution in [0.3, 0.4) is 0 Å². The molecule has 0 radical (unpaired) electrons. The van der Waals surface area contributed by atoms with Gasteiger partial charge in [-0.05, 0) is 91.4 Å². The molecule has 2 aliphatic heterocycles. The number of carbonyl (C=O) groups is 2. The number of amides is 2. The van der Waals surface area contributed by atoms with E-state index in [1.807, 2.05) is 30.0 Å². The molecule has 1 atom stereocenters. The second kappa shape index (κ2) is 10.8. The van der Waals surface area contributed by atoms with Gasteiger partial charge in [-0.15, -0.1) is 0 Å². The van der Waals surface area contributed by atoms with Crippen molar-refractivity contribution in [3.05, 3.63) is 53.6 Å². The fourth-order valence-corrected chi connectivity index (χ4v) is 5.62. The molecule has 2 aromatic rings. The first-order chi connectivity index (χ1) is 18.3. The molecule has 0 spiro atoms.